The van der Waals surface area contributed by atoms with Crippen LogP contribution in [0.15, 0.2) is 30.7 Å². The van der Waals surface area contributed by atoms with Gasteiger partial charge in [-0.2, -0.15) is 0 Å². The third kappa shape index (κ3) is 0.993. The van der Waals surface area contributed by atoms with Crippen LogP contribution >= 0.6 is 0 Å². The second-order valence-corrected chi connectivity index (χ2v) is 2.67. The van der Waals surface area contributed by atoms with Crippen LogP contribution in [0, 0.1) is 0 Å². The number of anilines is 1. The van der Waals surface area contributed by atoms with Crippen LogP contribution in [0.1, 0.15) is 0 Å². The van der Waals surface area contributed by atoms with E-state index in [9.17, 15) is 5.11 Å². The van der Waals surface area contributed by atoms with E-state index in [0.29, 0.717) is 0 Å². The number of ether oxygens (including phenoxy) is 1. The van der Waals surface area contributed by atoms with Gasteiger partial charge in [0.2, 0.25) is 0 Å². The molecule has 12 heavy (non-hydrogen) atoms. The molecule has 1 aliphatic rings. The molecule has 0 fully saturated rings. The van der Waals surface area contributed by atoms with E-state index in [4.69, 9.17) is 4.74 Å². The zero-order valence-electron chi connectivity index (χ0n) is 6.69. The van der Waals surface area contributed by atoms with Crippen molar-refractivity contribution in [3.8, 4) is 11.5 Å². The maximum Gasteiger partial charge on any atom is 0.150 e. The first-order valence-corrected chi connectivity index (χ1v) is 3.66. The highest BCUT2D eigenvalue weighted by atomic mass is 16.5. The van der Waals surface area contributed by atoms with Gasteiger partial charge in [0, 0.05) is 19.3 Å². The van der Waals surface area contributed by atoms with Gasteiger partial charge in [0.15, 0.2) is 0 Å². The Kier molecular flexibility index (Phi) is 1.43. The molecule has 1 aliphatic heterocycles. The van der Waals surface area contributed by atoms with Crippen molar-refractivity contribution in [1.82, 2.24) is 0 Å². The highest BCUT2D eigenvalue weighted by molar-refractivity contribution is 5.63. The molecule has 1 N–H and O–H groups in total. The van der Waals surface area contributed by atoms with Crippen molar-refractivity contribution in [1.29, 1.82) is 0 Å². The zero-order chi connectivity index (χ0) is 8.55. The summed E-state index contributed by atoms with van der Waals surface area (Å²) in [6.45, 7) is 0. The Balaban J connectivity index is 2.52. The minimum atomic E-state index is 0.250. The van der Waals surface area contributed by atoms with Crippen LogP contribution in [-0.2, 0) is 0 Å². The lowest BCUT2D eigenvalue weighted by atomic mass is 10.2. The molecule has 0 unspecified atom stereocenters. The standard InChI is InChI=1S/C9H9NO2/c1-10-4-5-12-9-3-2-7(11)6-8(9)10/h2-6,11H,1H3. The number of phenols is 1. The number of aromatic hydroxyl groups is 1. The quantitative estimate of drug-likeness (QED) is 0.631. The van der Waals surface area contributed by atoms with Crippen molar-refractivity contribution >= 4 is 5.69 Å². The summed E-state index contributed by atoms with van der Waals surface area (Å²) in [4.78, 5) is 1.89. The van der Waals surface area contributed by atoms with Gasteiger partial charge in [0.25, 0.3) is 0 Å². The van der Waals surface area contributed by atoms with Gasteiger partial charge in [-0.3, -0.25) is 0 Å². The molecule has 1 heterocycles. The molecule has 0 atom stereocenters. The number of fused-ring (bicyclic) bond motifs is 1. The molecule has 0 spiro atoms. The molecule has 3 heteroatoms. The first-order valence-electron chi connectivity index (χ1n) is 3.66. The summed E-state index contributed by atoms with van der Waals surface area (Å²) in [7, 11) is 1.90. The van der Waals surface area contributed by atoms with Crippen LogP contribution in [-0.4, -0.2) is 12.2 Å². The summed E-state index contributed by atoms with van der Waals surface area (Å²) >= 11 is 0. The van der Waals surface area contributed by atoms with E-state index in [-0.39, 0.29) is 5.75 Å². The van der Waals surface area contributed by atoms with Crippen molar-refractivity contribution in [2.75, 3.05) is 11.9 Å². The molecule has 0 bridgehead atoms. The predicted molar refractivity (Wildman–Crippen MR) is 46.3 cm³/mol. The van der Waals surface area contributed by atoms with Crippen molar-refractivity contribution < 1.29 is 9.84 Å². The summed E-state index contributed by atoms with van der Waals surface area (Å²) < 4.78 is 5.22. The van der Waals surface area contributed by atoms with Gasteiger partial charge in [0.1, 0.15) is 17.8 Å². The number of hydrogen-bond acceptors (Lipinski definition) is 3. The average Bonchev–Trinajstić information content (AvgIpc) is 2.07. The second-order valence-electron chi connectivity index (χ2n) is 2.67. The summed E-state index contributed by atoms with van der Waals surface area (Å²) in [6, 6.07) is 5.01. The molecule has 1 aromatic carbocycles. The summed E-state index contributed by atoms with van der Waals surface area (Å²) in [5, 5.41) is 9.20. The smallest absolute Gasteiger partial charge is 0.150 e. The number of phenolic OH excluding ortho intramolecular Hbond substituents is 1. The number of nitrogens with zero attached hydrogens (tertiary/aromatic N) is 1. The summed E-state index contributed by atoms with van der Waals surface area (Å²) in [5.74, 6) is 1.01. The van der Waals surface area contributed by atoms with Crippen LogP contribution in [0.4, 0.5) is 5.69 Å². The van der Waals surface area contributed by atoms with Crippen LogP contribution in [0.5, 0.6) is 11.5 Å². The fourth-order valence-electron chi connectivity index (χ4n) is 1.16. The Bertz CT molecular complexity index is 333. The third-order valence-electron chi connectivity index (χ3n) is 1.80. The van der Waals surface area contributed by atoms with Gasteiger partial charge >= 0.3 is 0 Å². The zero-order valence-corrected chi connectivity index (χ0v) is 6.69. The first kappa shape index (κ1) is 7.03. The van der Waals surface area contributed by atoms with E-state index in [1.165, 1.54) is 0 Å². The first-order chi connectivity index (χ1) is 5.77. The van der Waals surface area contributed by atoms with Gasteiger partial charge in [-0.05, 0) is 12.1 Å². The van der Waals surface area contributed by atoms with Crippen LogP contribution in [0.3, 0.4) is 0 Å². The molecule has 0 amide bonds. The fourth-order valence-corrected chi connectivity index (χ4v) is 1.16. The third-order valence-corrected chi connectivity index (χ3v) is 1.80. The fraction of sp³-hybridized carbons (Fsp3) is 0.111. The SMILES string of the molecule is CN1C=COc2ccc(O)cc21. The Hall–Kier alpha value is -1.64. The molecule has 0 saturated heterocycles. The second kappa shape index (κ2) is 2.44. The molecule has 0 aliphatic carbocycles. The minimum Gasteiger partial charge on any atom is -0.508 e. The molecule has 0 radical (unpaired) electrons. The van der Waals surface area contributed by atoms with Gasteiger partial charge in [-0.15, -0.1) is 0 Å². The maximum atomic E-state index is 9.20. The maximum absolute atomic E-state index is 9.20. The molecule has 0 saturated carbocycles. The van der Waals surface area contributed by atoms with Gasteiger partial charge < -0.3 is 14.7 Å². The largest absolute Gasteiger partial charge is 0.508 e. The van der Waals surface area contributed by atoms with E-state index >= 15 is 0 Å². The van der Waals surface area contributed by atoms with E-state index in [1.807, 2.05) is 11.9 Å². The Labute approximate surface area is 70.5 Å². The minimum absolute atomic E-state index is 0.250. The summed E-state index contributed by atoms with van der Waals surface area (Å²) in [5.41, 5.74) is 0.873. The van der Waals surface area contributed by atoms with Crippen molar-refractivity contribution in [3.05, 3.63) is 30.7 Å². The van der Waals surface area contributed by atoms with Gasteiger partial charge in [0.05, 0.1) is 5.69 Å². The van der Waals surface area contributed by atoms with E-state index < -0.39 is 0 Å². The van der Waals surface area contributed by atoms with Crippen molar-refractivity contribution in [2.45, 2.75) is 0 Å². The number of rotatable bonds is 0. The Morgan fingerprint density at radius 1 is 1.42 bits per heavy atom. The lowest BCUT2D eigenvalue weighted by Gasteiger charge is -2.21. The van der Waals surface area contributed by atoms with E-state index in [0.717, 1.165) is 11.4 Å². The normalized spacial score (nSPS) is 13.9. The van der Waals surface area contributed by atoms with Crippen molar-refractivity contribution in [3.63, 3.8) is 0 Å². The molecular formula is C9H9NO2. The van der Waals surface area contributed by atoms with E-state index in [2.05, 4.69) is 0 Å². The lowest BCUT2D eigenvalue weighted by Crippen LogP contribution is -2.12. The highest BCUT2D eigenvalue weighted by Crippen LogP contribution is 2.33. The van der Waals surface area contributed by atoms with Crippen LogP contribution in [0.25, 0.3) is 0 Å². The van der Waals surface area contributed by atoms with Crippen LogP contribution < -0.4 is 9.64 Å². The lowest BCUT2D eigenvalue weighted by molar-refractivity contribution is 0.458. The predicted octanol–water partition coefficient (Wildman–Crippen LogP) is 1.69. The monoisotopic (exact) mass is 163 g/mol. The topological polar surface area (TPSA) is 32.7 Å². The number of hydrogen-bond donors (Lipinski definition) is 1. The summed E-state index contributed by atoms with van der Waals surface area (Å²) in [6.07, 6.45) is 3.40. The van der Waals surface area contributed by atoms with E-state index in [1.54, 1.807) is 30.7 Å². The molecule has 3 nitrogen and oxygen atoms in total. The van der Waals surface area contributed by atoms with Crippen LogP contribution in [0.2, 0.25) is 0 Å². The molecule has 2 rings (SSSR count). The number of benzene rings is 1. The van der Waals surface area contributed by atoms with Gasteiger partial charge in [-0.25, -0.2) is 0 Å². The molecule has 62 valence electrons. The Morgan fingerprint density at radius 3 is 3.08 bits per heavy atom. The molecule has 0 aromatic heterocycles. The highest BCUT2D eigenvalue weighted by Gasteiger charge is 2.10. The van der Waals surface area contributed by atoms with Gasteiger partial charge in [-0.1, -0.05) is 0 Å². The molecule has 1 aromatic rings. The molecular weight excluding hydrogens is 154 g/mol. The van der Waals surface area contributed by atoms with Crippen molar-refractivity contribution in [2.24, 2.45) is 0 Å². The Morgan fingerprint density at radius 2 is 2.25 bits per heavy atom. The average molecular weight is 163 g/mol.